The maximum atomic E-state index is 15.0. The maximum Gasteiger partial charge on any atom is 0.245 e. The highest BCUT2D eigenvalue weighted by Gasteiger charge is 2.44. The minimum atomic E-state index is -1.95. The van der Waals surface area contributed by atoms with Crippen molar-refractivity contribution in [2.75, 3.05) is 13.2 Å². The van der Waals surface area contributed by atoms with Crippen LogP contribution in [0.25, 0.3) is 0 Å². The molecule has 0 saturated carbocycles. The van der Waals surface area contributed by atoms with Crippen molar-refractivity contribution in [1.29, 1.82) is 0 Å². The molecule has 0 aromatic carbocycles. The molecule has 27 nitrogen and oxygen atoms in total. The van der Waals surface area contributed by atoms with Crippen molar-refractivity contribution in [1.82, 2.24) is 63.3 Å². The van der Waals surface area contributed by atoms with Gasteiger partial charge in [0.2, 0.25) is 58.6 Å². The number of hydrogen-bond donors (Lipinski definition) is 14. The van der Waals surface area contributed by atoms with Crippen molar-refractivity contribution in [3.05, 3.63) is 11.9 Å². The number of ketones is 4. The fourth-order valence-electron chi connectivity index (χ4n) is 9.10. The summed E-state index contributed by atoms with van der Waals surface area (Å²) in [6, 6.07) is -8.87. The molecule has 6 amide bonds. The fraction of sp³-hybridized carbons (Fsp3) is 0.774. The monoisotopic (exact) mass is 1130 g/mol. The number of primary amides is 2. The van der Waals surface area contributed by atoms with Gasteiger partial charge in [-0.2, -0.15) is 0 Å². The molecule has 0 bridgehead atoms. The quantitative estimate of drug-likeness (QED) is 0.0185. The highest BCUT2D eigenvalue weighted by molar-refractivity contribution is 6.42. The van der Waals surface area contributed by atoms with Crippen LogP contribution < -0.4 is 71.2 Å². The molecule has 0 fully saturated rings. The number of aliphatic hydroxyl groups excluding tert-OH is 1. The van der Waals surface area contributed by atoms with E-state index in [0.717, 1.165) is 0 Å². The number of aryl methyl sites for hydroxylation is 2. The summed E-state index contributed by atoms with van der Waals surface area (Å²) < 4.78 is 1.64. The van der Waals surface area contributed by atoms with Gasteiger partial charge in [-0.15, -0.1) is 5.10 Å². The van der Waals surface area contributed by atoms with Gasteiger partial charge in [0.05, 0.1) is 42.7 Å². The molecule has 1 aliphatic rings. The number of amides is 6. The molecule has 2 rings (SSSR count). The highest BCUT2D eigenvalue weighted by atomic mass is 16.3. The topological polar surface area (TPSA) is 434 Å². The summed E-state index contributed by atoms with van der Waals surface area (Å²) in [6.45, 7) is 17.4. The van der Waals surface area contributed by atoms with Crippen LogP contribution in [0.15, 0.2) is 6.20 Å². The number of hydrogen-bond acceptors (Lipinski definition) is 20. The van der Waals surface area contributed by atoms with Gasteiger partial charge in [0.15, 0.2) is 0 Å². The molecule has 0 aliphatic carbocycles. The van der Waals surface area contributed by atoms with E-state index in [1.165, 1.54) is 6.92 Å². The van der Waals surface area contributed by atoms with Crippen LogP contribution in [-0.4, -0.2) is 146 Å². The zero-order chi connectivity index (χ0) is 60.5. The van der Waals surface area contributed by atoms with E-state index in [1.54, 1.807) is 38.6 Å². The number of hydrazine groups is 2. The number of fused-ring (bicyclic) bond motifs is 1. The van der Waals surface area contributed by atoms with Gasteiger partial charge in [-0.1, -0.05) is 86.8 Å². The molecule has 0 saturated heterocycles. The Labute approximate surface area is 470 Å². The Kier molecular flexibility index (Phi) is 30.4. The molecule has 0 radical (unpaired) electrons. The molecule has 1 aromatic rings. The van der Waals surface area contributed by atoms with Crippen LogP contribution in [0, 0.1) is 23.2 Å². The van der Waals surface area contributed by atoms with Crippen LogP contribution in [-0.2, 0) is 60.9 Å². The van der Waals surface area contributed by atoms with Gasteiger partial charge in [-0.05, 0) is 102 Å². The summed E-state index contributed by atoms with van der Waals surface area (Å²) >= 11 is 0. The first kappa shape index (κ1) is 70.4. The third-order valence-electron chi connectivity index (χ3n) is 14.3. The average molecular weight is 1130 g/mol. The predicted octanol–water partition coefficient (Wildman–Crippen LogP) is -1.67. The molecule has 454 valence electrons. The SMILES string of the molecule is CCCC[C@H](NNC(C(=O)C(=O)[C@]1(C)CCCn2nncc2CCCC(C)(C)C(=O)N[C@@H](CC(C)C)C(=O)C(=O)[C@H](CC(C)C)NN[C@@H](CCC(N)=O)C(=O)N1)[C@@H](C)CC)C(=O)N[C@@H](CO)C(=O)N[C@@H](CCCNC(N)N)C(N)=O. The first-order valence-corrected chi connectivity index (χ1v) is 28.2. The highest BCUT2D eigenvalue weighted by Crippen LogP contribution is 2.26. The zero-order valence-corrected chi connectivity index (χ0v) is 48.8. The van der Waals surface area contributed by atoms with Gasteiger partial charge in [0.1, 0.15) is 30.0 Å². The van der Waals surface area contributed by atoms with Crippen LogP contribution in [0.3, 0.4) is 0 Å². The molecule has 27 heteroatoms. The molecule has 80 heavy (non-hydrogen) atoms. The molecule has 1 unspecified atom stereocenters. The first-order valence-electron chi connectivity index (χ1n) is 28.2. The summed E-state index contributed by atoms with van der Waals surface area (Å²) in [5, 5.41) is 32.0. The fourth-order valence-corrected chi connectivity index (χ4v) is 9.10. The minimum absolute atomic E-state index is 0.0926. The Morgan fingerprint density at radius 2 is 1.40 bits per heavy atom. The summed E-state index contributed by atoms with van der Waals surface area (Å²) in [7, 11) is 0. The molecule has 18 N–H and O–H groups in total. The van der Waals surface area contributed by atoms with Gasteiger partial charge in [-0.25, -0.2) is 26.4 Å². The second-order valence-corrected chi connectivity index (χ2v) is 22.9. The van der Waals surface area contributed by atoms with Crippen molar-refractivity contribution < 1.29 is 53.1 Å². The van der Waals surface area contributed by atoms with E-state index < -0.39 is 131 Å². The van der Waals surface area contributed by atoms with Crippen molar-refractivity contribution in [3.8, 4) is 0 Å². The summed E-state index contributed by atoms with van der Waals surface area (Å²) in [5.74, 6) is -9.00. The van der Waals surface area contributed by atoms with Crippen molar-refractivity contribution in [2.45, 2.75) is 226 Å². The van der Waals surface area contributed by atoms with E-state index in [1.807, 2.05) is 34.6 Å². The van der Waals surface area contributed by atoms with Crippen LogP contribution in [0.5, 0.6) is 0 Å². The van der Waals surface area contributed by atoms with Gasteiger partial charge in [-0.3, -0.25) is 53.3 Å². The van der Waals surface area contributed by atoms with Crippen molar-refractivity contribution >= 4 is 58.6 Å². The van der Waals surface area contributed by atoms with E-state index in [-0.39, 0.29) is 69.7 Å². The standard InChI is InChI=1S/C53H96N16O11/c1-11-13-18-35(47(77)61-39(29-70)48(78)60-34(46(55)76)19-15-24-58-51(56)57)65-67-41(32(7)12-2)44(74)45(75)53(10)23-16-25-69-33(28-59-68-69)17-14-22-52(8,9)50(80)62-37(26-30(3)4)42(72)43(73)38(27-31(5)6)66-64-36(49(79)63-53)20-21-40(54)71/h28,30-32,34-39,41,51,58,64-67,70H,11-27,29,56-57H2,1-10H3,(H2,54,71)(H2,55,76)(H,60,78)(H,61,77)(H,62,80)(H,63,79)/t32-,34-,35-,36-,37-,38-,39-,41?,53-/m0/s1. The number of carbonyl (C=O) groups excluding carboxylic acids is 10. The van der Waals surface area contributed by atoms with Gasteiger partial charge in [0.25, 0.3) is 0 Å². The first-order chi connectivity index (χ1) is 37.5. The normalized spacial score (nSPS) is 22.0. The lowest BCUT2D eigenvalue weighted by molar-refractivity contribution is -0.144. The third-order valence-corrected chi connectivity index (χ3v) is 14.3. The number of aromatic nitrogens is 3. The summed E-state index contributed by atoms with van der Waals surface area (Å²) in [6.07, 6.45) is 3.96. The Hall–Kier alpha value is -5.68. The molecule has 2 heterocycles. The maximum absolute atomic E-state index is 15.0. The summed E-state index contributed by atoms with van der Waals surface area (Å²) in [4.78, 5) is 139. The number of nitrogens with zero attached hydrogens (tertiary/aromatic N) is 3. The van der Waals surface area contributed by atoms with E-state index in [4.69, 9.17) is 22.9 Å². The molecule has 9 atom stereocenters. The Balaban J connectivity index is 2.63. The van der Waals surface area contributed by atoms with Crippen LogP contribution >= 0.6 is 0 Å². The second-order valence-electron chi connectivity index (χ2n) is 22.9. The zero-order valence-electron chi connectivity index (χ0n) is 48.8. The lowest BCUT2D eigenvalue weighted by Crippen LogP contribution is -2.65. The number of nitrogens with two attached hydrogens (primary N) is 4. The van der Waals surface area contributed by atoms with Crippen LogP contribution in [0.4, 0.5) is 0 Å². The van der Waals surface area contributed by atoms with Crippen LogP contribution in [0.1, 0.15) is 165 Å². The lowest BCUT2D eigenvalue weighted by atomic mass is 9.83. The number of unbranched alkanes of at least 4 members (excludes halogenated alkanes) is 1. The van der Waals surface area contributed by atoms with Gasteiger partial charge in [0, 0.05) is 18.4 Å². The predicted molar refractivity (Wildman–Crippen MR) is 298 cm³/mol. The second kappa shape index (κ2) is 34.6. The lowest BCUT2D eigenvalue weighted by Gasteiger charge is -2.34. The van der Waals surface area contributed by atoms with Gasteiger partial charge >= 0.3 is 0 Å². The summed E-state index contributed by atoms with van der Waals surface area (Å²) in [5.41, 5.74) is 31.4. The van der Waals surface area contributed by atoms with Gasteiger partial charge < -0.3 is 49.3 Å². The number of Topliss-reactive ketones (excluding diaryl/α,β-unsaturated/α-hetero) is 4. The minimum Gasteiger partial charge on any atom is -0.394 e. The molecular formula is C53H96N16O11. The van der Waals surface area contributed by atoms with Crippen molar-refractivity contribution in [3.63, 3.8) is 0 Å². The Bertz CT molecular complexity index is 2220. The van der Waals surface area contributed by atoms with E-state index in [2.05, 4.69) is 58.6 Å². The third kappa shape index (κ3) is 23.4. The number of rotatable bonds is 29. The number of carbonyl (C=O) groups is 10. The Morgan fingerprint density at radius 1 is 0.800 bits per heavy atom. The number of aliphatic hydroxyl groups is 1. The van der Waals surface area contributed by atoms with E-state index >= 15 is 4.79 Å². The van der Waals surface area contributed by atoms with E-state index in [9.17, 15) is 48.3 Å². The van der Waals surface area contributed by atoms with E-state index in [0.29, 0.717) is 57.2 Å². The average Bonchev–Trinajstić information content (AvgIpc) is 3.83. The molecule has 0 spiro atoms. The molecule has 1 aromatic heterocycles. The smallest absolute Gasteiger partial charge is 0.245 e. The molecular weight excluding hydrogens is 1040 g/mol. The molecule has 1 aliphatic heterocycles. The largest absolute Gasteiger partial charge is 0.394 e. The Morgan fingerprint density at radius 3 is 1.99 bits per heavy atom. The van der Waals surface area contributed by atoms with Crippen molar-refractivity contribution in [2.24, 2.45) is 46.1 Å². The number of nitrogens with one attached hydrogen (secondary N) is 9. The van der Waals surface area contributed by atoms with Crippen LogP contribution in [0.2, 0.25) is 0 Å².